The maximum atomic E-state index is 2.53. The van der Waals surface area contributed by atoms with Crippen molar-refractivity contribution >= 4 is 60.4 Å². The Morgan fingerprint density at radius 2 is 0.862 bits per heavy atom. The van der Waals surface area contributed by atoms with Gasteiger partial charge in [0.2, 0.25) is 0 Å². The molecule has 0 aliphatic heterocycles. The highest BCUT2D eigenvalue weighted by Crippen LogP contribution is 2.65. The fourth-order valence-corrected chi connectivity index (χ4v) is 11.8. The summed E-state index contributed by atoms with van der Waals surface area (Å²) in [4.78, 5) is 2.53. The largest absolute Gasteiger partial charge is 0.310 e. The first-order chi connectivity index (χ1) is 32.3. The van der Waals surface area contributed by atoms with E-state index in [-0.39, 0.29) is 0 Å². The summed E-state index contributed by atoms with van der Waals surface area (Å²) in [6.45, 7) is 0. The number of nitrogens with zero attached hydrogens (tertiary/aromatic N) is 2. The zero-order valence-corrected chi connectivity index (χ0v) is 35.5. The molecule has 65 heavy (non-hydrogen) atoms. The number of hydrogen-bond donors (Lipinski definition) is 0. The molecule has 2 aliphatic carbocycles. The number of rotatable bonds is 5. The van der Waals surface area contributed by atoms with Crippen LogP contribution in [0, 0.1) is 0 Å². The van der Waals surface area contributed by atoms with Crippen molar-refractivity contribution in [3.8, 4) is 39.1 Å². The first kappa shape index (κ1) is 36.1. The Balaban J connectivity index is 1.03. The van der Waals surface area contributed by atoms with Gasteiger partial charge in [-0.3, -0.25) is 0 Å². The summed E-state index contributed by atoms with van der Waals surface area (Å²) in [5.74, 6) is 0. The van der Waals surface area contributed by atoms with Crippen LogP contribution in [0.4, 0.5) is 17.1 Å². The number of para-hydroxylation sites is 2. The molecule has 0 bridgehead atoms. The van der Waals surface area contributed by atoms with Crippen molar-refractivity contribution in [3.05, 3.63) is 265 Å². The van der Waals surface area contributed by atoms with E-state index in [4.69, 9.17) is 0 Å². The van der Waals surface area contributed by atoms with E-state index >= 15 is 0 Å². The summed E-state index contributed by atoms with van der Waals surface area (Å²) in [7, 11) is 0. The van der Waals surface area contributed by atoms with Crippen molar-refractivity contribution in [2.24, 2.45) is 0 Å². The highest BCUT2D eigenvalue weighted by Gasteiger charge is 2.53. The molecule has 0 atom stereocenters. The van der Waals surface area contributed by atoms with Gasteiger partial charge >= 0.3 is 0 Å². The molecule has 302 valence electrons. The molecule has 12 aromatic rings. The summed E-state index contributed by atoms with van der Waals surface area (Å²) in [6, 6.07) is 90.2. The predicted octanol–water partition coefficient (Wildman–Crippen LogP) is 16.6. The Hall–Kier alpha value is -8.46. The van der Waals surface area contributed by atoms with Crippen LogP contribution in [-0.2, 0) is 5.41 Å². The molecule has 11 aromatic carbocycles. The van der Waals surface area contributed by atoms with E-state index < -0.39 is 5.41 Å². The van der Waals surface area contributed by atoms with Crippen LogP contribution in [0.15, 0.2) is 243 Å². The fourth-order valence-electron chi connectivity index (χ4n) is 11.8. The minimum Gasteiger partial charge on any atom is -0.310 e. The lowest BCUT2D eigenvalue weighted by Gasteiger charge is -2.36. The van der Waals surface area contributed by atoms with Gasteiger partial charge in [-0.1, -0.05) is 188 Å². The van der Waals surface area contributed by atoms with E-state index in [1.54, 1.807) is 0 Å². The van der Waals surface area contributed by atoms with Gasteiger partial charge in [0.15, 0.2) is 0 Å². The van der Waals surface area contributed by atoms with Gasteiger partial charge in [-0.25, -0.2) is 0 Å². The Kier molecular flexibility index (Phi) is 7.64. The second-order valence-corrected chi connectivity index (χ2v) is 17.5. The highest BCUT2D eigenvalue weighted by molar-refractivity contribution is 6.16. The van der Waals surface area contributed by atoms with Gasteiger partial charge in [-0.2, -0.15) is 0 Å². The van der Waals surface area contributed by atoms with E-state index in [1.807, 2.05) is 0 Å². The third-order valence-corrected chi connectivity index (χ3v) is 14.4. The lowest BCUT2D eigenvalue weighted by molar-refractivity contribution is 0.793. The van der Waals surface area contributed by atoms with Crippen LogP contribution in [0.25, 0.3) is 82.4 Å². The van der Waals surface area contributed by atoms with Crippen LogP contribution in [0.2, 0.25) is 0 Å². The summed E-state index contributed by atoms with van der Waals surface area (Å²) in [5.41, 5.74) is 19.3. The predicted molar refractivity (Wildman–Crippen MR) is 272 cm³/mol. The molecule has 1 aromatic heterocycles. The van der Waals surface area contributed by atoms with E-state index in [2.05, 4.69) is 252 Å². The average Bonchev–Trinajstić information content (AvgIpc) is 3.99. The Morgan fingerprint density at radius 1 is 0.338 bits per heavy atom. The van der Waals surface area contributed by atoms with Gasteiger partial charge in [0.05, 0.1) is 22.1 Å². The molecule has 1 heterocycles. The fraction of sp³-hybridized carbons (Fsp3) is 0.0159. The molecule has 14 rings (SSSR count). The van der Waals surface area contributed by atoms with Crippen LogP contribution in [-0.4, -0.2) is 4.57 Å². The molecule has 2 aliphatic rings. The Labute approximate surface area is 377 Å². The van der Waals surface area contributed by atoms with Crippen LogP contribution in [0.1, 0.15) is 22.3 Å². The van der Waals surface area contributed by atoms with Gasteiger partial charge in [-0.05, 0) is 126 Å². The van der Waals surface area contributed by atoms with E-state index in [0.29, 0.717) is 0 Å². The topological polar surface area (TPSA) is 8.17 Å². The average molecular weight is 825 g/mol. The molecular formula is C63H40N2. The lowest BCUT2D eigenvalue weighted by atomic mass is 9.70. The monoisotopic (exact) mass is 824 g/mol. The van der Waals surface area contributed by atoms with Gasteiger partial charge in [0.25, 0.3) is 0 Å². The van der Waals surface area contributed by atoms with E-state index in [0.717, 1.165) is 17.1 Å². The summed E-state index contributed by atoms with van der Waals surface area (Å²) in [6.07, 6.45) is 0. The SMILES string of the molecule is c1ccc(-n2c3ccccc3c3c(-c4ccc(N(c5ccc6ccc7ccccc7c6c5)c5cccc6c5C5(c7ccccc7-c7ccccc75)c5ccccc5-6)cc4)cccc32)cc1. The lowest BCUT2D eigenvalue weighted by Crippen LogP contribution is -2.28. The van der Waals surface area contributed by atoms with Gasteiger partial charge in [-0.15, -0.1) is 0 Å². The number of fused-ring (bicyclic) bond motifs is 16. The molecule has 0 unspecified atom stereocenters. The molecule has 0 amide bonds. The number of aromatic nitrogens is 1. The molecule has 0 saturated carbocycles. The summed E-state index contributed by atoms with van der Waals surface area (Å²) < 4.78 is 2.40. The third-order valence-electron chi connectivity index (χ3n) is 14.4. The first-order valence-corrected chi connectivity index (χ1v) is 22.6. The standard InChI is InChI=1S/C63H40N2/c1-2-17-44(18-3-1)65-58-29-13-9-23-53(58)61-48(24-14-30-59(61)65)42-34-37-45(38-35-42)64(46-39-36-43-33-32-41-16-4-5-19-47(41)54(43)40-46)60-31-15-25-52-51-22-8-12-28-57(51)63(62(52)60)55-26-10-6-20-49(55)50-21-7-11-27-56(50)63/h1-40H. The normalized spacial score (nSPS) is 13.0. The smallest absolute Gasteiger partial charge is 0.0746 e. The van der Waals surface area contributed by atoms with Crippen molar-refractivity contribution < 1.29 is 0 Å². The maximum Gasteiger partial charge on any atom is 0.0746 e. The van der Waals surface area contributed by atoms with Gasteiger partial charge < -0.3 is 9.47 Å². The molecule has 0 fully saturated rings. The molecule has 1 spiro atoms. The van der Waals surface area contributed by atoms with Gasteiger partial charge in [0.1, 0.15) is 0 Å². The third kappa shape index (κ3) is 4.99. The molecule has 0 N–H and O–H groups in total. The second kappa shape index (κ2) is 13.8. The van der Waals surface area contributed by atoms with Crippen LogP contribution >= 0.6 is 0 Å². The van der Waals surface area contributed by atoms with Gasteiger partial charge in [0, 0.05) is 33.4 Å². The van der Waals surface area contributed by atoms with Crippen molar-refractivity contribution in [1.82, 2.24) is 4.57 Å². The summed E-state index contributed by atoms with van der Waals surface area (Å²) >= 11 is 0. The van der Waals surface area contributed by atoms with Crippen molar-refractivity contribution in [3.63, 3.8) is 0 Å². The minimum atomic E-state index is -0.514. The van der Waals surface area contributed by atoms with E-state index in [9.17, 15) is 0 Å². The Morgan fingerprint density at radius 3 is 1.60 bits per heavy atom. The van der Waals surface area contributed by atoms with Crippen molar-refractivity contribution in [2.45, 2.75) is 5.41 Å². The summed E-state index contributed by atoms with van der Waals surface area (Å²) in [5, 5.41) is 7.47. The van der Waals surface area contributed by atoms with Crippen LogP contribution < -0.4 is 4.90 Å². The molecule has 0 radical (unpaired) electrons. The van der Waals surface area contributed by atoms with Crippen molar-refractivity contribution in [2.75, 3.05) is 4.90 Å². The molecular weight excluding hydrogens is 785 g/mol. The molecule has 0 saturated heterocycles. The number of anilines is 3. The Bertz CT molecular complexity index is 3830. The maximum absolute atomic E-state index is 2.53. The highest BCUT2D eigenvalue weighted by atomic mass is 15.1. The second-order valence-electron chi connectivity index (χ2n) is 17.5. The van der Waals surface area contributed by atoms with Crippen molar-refractivity contribution in [1.29, 1.82) is 0 Å². The van der Waals surface area contributed by atoms with Crippen LogP contribution in [0.3, 0.4) is 0 Å². The first-order valence-electron chi connectivity index (χ1n) is 22.6. The zero-order valence-electron chi connectivity index (χ0n) is 35.5. The minimum absolute atomic E-state index is 0.514. The quantitative estimate of drug-likeness (QED) is 0.157. The molecule has 2 heteroatoms. The van der Waals surface area contributed by atoms with E-state index in [1.165, 1.54) is 105 Å². The molecule has 2 nitrogen and oxygen atoms in total. The number of benzene rings is 11. The zero-order chi connectivity index (χ0) is 42.6. The number of hydrogen-bond acceptors (Lipinski definition) is 1. The van der Waals surface area contributed by atoms with Crippen LogP contribution in [0.5, 0.6) is 0 Å².